The maximum Gasteiger partial charge on any atom is 0.293 e. The molecule has 3 aliphatic rings. The van der Waals surface area contributed by atoms with Crippen molar-refractivity contribution in [2.45, 2.75) is 63.3 Å². The van der Waals surface area contributed by atoms with Crippen LogP contribution >= 0.6 is 0 Å². The summed E-state index contributed by atoms with van der Waals surface area (Å²) in [4.78, 5) is 19.2. The minimum absolute atomic E-state index is 0.0461. The van der Waals surface area contributed by atoms with Gasteiger partial charge in [0.05, 0.1) is 0 Å². The van der Waals surface area contributed by atoms with Crippen molar-refractivity contribution in [3.63, 3.8) is 0 Å². The summed E-state index contributed by atoms with van der Waals surface area (Å²) < 4.78 is 0. The predicted molar refractivity (Wildman–Crippen MR) is 74.4 cm³/mol. The average Bonchev–Trinajstić information content (AvgIpc) is 3.23. The van der Waals surface area contributed by atoms with Crippen LogP contribution < -0.4 is 0 Å². The number of carbonyl (C=O) groups is 1. The molecule has 1 aliphatic heterocycles. The number of fused-ring (bicyclic) bond motifs is 1. The van der Waals surface area contributed by atoms with Crippen LogP contribution in [-0.2, 0) is 0 Å². The van der Waals surface area contributed by atoms with Crippen molar-refractivity contribution >= 4 is 5.91 Å². The Morgan fingerprint density at radius 3 is 2.75 bits per heavy atom. The summed E-state index contributed by atoms with van der Waals surface area (Å²) in [6.45, 7) is 0.882. The fourth-order valence-corrected chi connectivity index (χ4v) is 3.91. The molecule has 5 heteroatoms. The minimum atomic E-state index is 0.0461. The number of piperidine rings is 1. The zero-order valence-electron chi connectivity index (χ0n) is 11.8. The molecule has 2 heterocycles. The Labute approximate surface area is 119 Å². The van der Waals surface area contributed by atoms with Crippen LogP contribution in [0.3, 0.4) is 0 Å². The van der Waals surface area contributed by atoms with Gasteiger partial charge in [-0.2, -0.15) is 0 Å². The molecule has 20 heavy (non-hydrogen) atoms. The van der Waals surface area contributed by atoms with Crippen LogP contribution in [0.25, 0.3) is 0 Å². The number of aromatic nitrogens is 3. The molecule has 0 bridgehead atoms. The van der Waals surface area contributed by atoms with E-state index in [4.69, 9.17) is 0 Å². The van der Waals surface area contributed by atoms with Crippen molar-refractivity contribution in [2.75, 3.05) is 6.54 Å². The van der Waals surface area contributed by atoms with Crippen LogP contribution in [0.4, 0.5) is 0 Å². The van der Waals surface area contributed by atoms with Crippen molar-refractivity contribution in [1.29, 1.82) is 0 Å². The summed E-state index contributed by atoms with van der Waals surface area (Å²) in [7, 11) is 0. The highest BCUT2D eigenvalue weighted by Gasteiger charge is 2.37. The minimum Gasteiger partial charge on any atom is -0.333 e. The standard InChI is InChI=1S/C15H22N4O/c20-15(14-16-13(17-18-14)11-7-8-11)19-9-3-5-10-4-1-2-6-12(10)19/h10-12H,1-9H2,(H,16,17,18)/t10-,12-/m1/s1. The van der Waals surface area contributed by atoms with E-state index < -0.39 is 0 Å². The Balaban J connectivity index is 1.53. The second kappa shape index (κ2) is 4.86. The molecule has 0 spiro atoms. The molecule has 4 rings (SSSR count). The highest BCUT2D eigenvalue weighted by atomic mass is 16.2. The molecule has 3 fully saturated rings. The summed E-state index contributed by atoms with van der Waals surface area (Å²) in [5.74, 6) is 2.57. The first-order valence-corrected chi connectivity index (χ1v) is 8.06. The topological polar surface area (TPSA) is 61.9 Å². The zero-order chi connectivity index (χ0) is 13.5. The summed E-state index contributed by atoms with van der Waals surface area (Å²) in [5.41, 5.74) is 0. The number of nitrogens with zero attached hydrogens (tertiary/aromatic N) is 3. The number of likely N-dealkylation sites (tertiary alicyclic amines) is 1. The van der Waals surface area contributed by atoms with Gasteiger partial charge in [-0.05, 0) is 44.4 Å². The largest absolute Gasteiger partial charge is 0.333 e. The quantitative estimate of drug-likeness (QED) is 0.901. The highest BCUT2D eigenvalue weighted by Crippen LogP contribution is 2.38. The van der Waals surface area contributed by atoms with Crippen molar-refractivity contribution in [3.05, 3.63) is 11.6 Å². The predicted octanol–water partition coefficient (Wildman–Crippen LogP) is 2.48. The molecule has 2 aliphatic carbocycles. The maximum atomic E-state index is 12.7. The smallest absolute Gasteiger partial charge is 0.293 e. The van der Waals surface area contributed by atoms with E-state index in [1.54, 1.807) is 0 Å². The van der Waals surface area contributed by atoms with E-state index in [1.165, 1.54) is 38.5 Å². The Morgan fingerprint density at radius 1 is 1.10 bits per heavy atom. The van der Waals surface area contributed by atoms with E-state index >= 15 is 0 Å². The van der Waals surface area contributed by atoms with Crippen LogP contribution in [-0.4, -0.2) is 38.6 Å². The molecule has 0 unspecified atom stereocenters. The number of amides is 1. The monoisotopic (exact) mass is 274 g/mol. The molecule has 0 radical (unpaired) electrons. The Bertz CT molecular complexity index is 506. The summed E-state index contributed by atoms with van der Waals surface area (Å²) >= 11 is 0. The number of hydrogen-bond donors (Lipinski definition) is 1. The number of H-pyrrole nitrogens is 1. The van der Waals surface area contributed by atoms with Crippen molar-refractivity contribution in [3.8, 4) is 0 Å². The van der Waals surface area contributed by atoms with Gasteiger partial charge in [-0.15, -0.1) is 5.10 Å². The van der Waals surface area contributed by atoms with E-state index in [1.807, 2.05) is 0 Å². The van der Waals surface area contributed by atoms with Crippen LogP contribution in [0.15, 0.2) is 0 Å². The van der Waals surface area contributed by atoms with E-state index in [9.17, 15) is 4.79 Å². The van der Waals surface area contributed by atoms with Gasteiger partial charge in [0.2, 0.25) is 5.82 Å². The maximum absolute atomic E-state index is 12.7. The van der Waals surface area contributed by atoms with Gasteiger partial charge in [-0.1, -0.05) is 12.8 Å². The first kappa shape index (κ1) is 12.4. The van der Waals surface area contributed by atoms with Gasteiger partial charge >= 0.3 is 0 Å². The molecule has 1 N–H and O–H groups in total. The van der Waals surface area contributed by atoms with Crippen molar-refractivity contribution in [2.24, 2.45) is 5.92 Å². The number of hydrogen-bond acceptors (Lipinski definition) is 3. The summed E-state index contributed by atoms with van der Waals surface area (Å²) in [6.07, 6.45) is 9.81. The van der Waals surface area contributed by atoms with E-state index in [2.05, 4.69) is 20.1 Å². The molecule has 2 saturated carbocycles. The molecule has 1 saturated heterocycles. The van der Waals surface area contributed by atoms with Gasteiger partial charge in [0.1, 0.15) is 5.82 Å². The van der Waals surface area contributed by atoms with Crippen LogP contribution in [0, 0.1) is 5.92 Å². The molecule has 2 atom stereocenters. The van der Waals surface area contributed by atoms with Gasteiger partial charge in [-0.25, -0.2) is 4.98 Å². The van der Waals surface area contributed by atoms with Gasteiger partial charge < -0.3 is 4.90 Å². The van der Waals surface area contributed by atoms with Crippen molar-refractivity contribution < 1.29 is 4.79 Å². The molecule has 1 amide bonds. The molecule has 5 nitrogen and oxygen atoms in total. The van der Waals surface area contributed by atoms with E-state index in [0.717, 1.165) is 25.2 Å². The Morgan fingerprint density at radius 2 is 1.90 bits per heavy atom. The SMILES string of the molecule is O=C(c1n[nH]c(C2CC2)n1)N1CCC[C@H]2CCCC[C@H]21. The second-order valence-corrected chi connectivity index (χ2v) is 6.57. The normalized spacial score (nSPS) is 30.1. The van der Waals surface area contributed by atoms with Gasteiger partial charge in [-0.3, -0.25) is 9.89 Å². The van der Waals surface area contributed by atoms with Crippen molar-refractivity contribution in [1.82, 2.24) is 20.1 Å². The molecule has 1 aromatic rings. The third-order valence-corrected chi connectivity index (χ3v) is 5.16. The first-order valence-electron chi connectivity index (χ1n) is 8.06. The van der Waals surface area contributed by atoms with Crippen LogP contribution in [0.5, 0.6) is 0 Å². The van der Waals surface area contributed by atoms with Crippen LogP contribution in [0.2, 0.25) is 0 Å². The number of rotatable bonds is 2. The third kappa shape index (κ3) is 2.13. The lowest BCUT2D eigenvalue weighted by Crippen LogP contribution is -2.49. The lowest BCUT2D eigenvalue weighted by molar-refractivity contribution is 0.0380. The second-order valence-electron chi connectivity index (χ2n) is 6.57. The molecule has 1 aromatic heterocycles. The summed E-state index contributed by atoms with van der Waals surface area (Å²) in [5, 5.41) is 7.11. The molecular weight excluding hydrogens is 252 g/mol. The van der Waals surface area contributed by atoms with Gasteiger partial charge in [0.25, 0.3) is 5.91 Å². The lowest BCUT2D eigenvalue weighted by atomic mass is 9.78. The number of carbonyl (C=O) groups excluding carboxylic acids is 1. The van der Waals surface area contributed by atoms with Crippen LogP contribution in [0.1, 0.15) is 73.7 Å². The Kier molecular flexibility index (Phi) is 3.00. The zero-order valence-corrected chi connectivity index (χ0v) is 11.8. The third-order valence-electron chi connectivity index (χ3n) is 5.16. The fraction of sp³-hybridized carbons (Fsp3) is 0.800. The molecule has 108 valence electrons. The van der Waals surface area contributed by atoms with Gasteiger partial charge in [0.15, 0.2) is 0 Å². The average molecular weight is 274 g/mol. The lowest BCUT2D eigenvalue weighted by Gasteiger charge is -2.43. The molecule has 0 aromatic carbocycles. The Hall–Kier alpha value is -1.39. The fourth-order valence-electron chi connectivity index (χ4n) is 3.91. The van der Waals surface area contributed by atoms with E-state index in [-0.39, 0.29) is 5.91 Å². The van der Waals surface area contributed by atoms with E-state index in [0.29, 0.717) is 23.7 Å². The number of nitrogens with one attached hydrogen (secondary N) is 1. The summed E-state index contributed by atoms with van der Waals surface area (Å²) in [6, 6.07) is 0.438. The highest BCUT2D eigenvalue weighted by molar-refractivity contribution is 5.90. The first-order chi connectivity index (χ1) is 9.83. The molecular formula is C15H22N4O. The van der Waals surface area contributed by atoms with Gasteiger partial charge in [0, 0.05) is 18.5 Å². The number of aromatic amines is 1.